The van der Waals surface area contributed by atoms with Crippen molar-refractivity contribution in [3.63, 3.8) is 0 Å². The molecule has 174 valence electrons. The lowest BCUT2D eigenvalue weighted by Crippen LogP contribution is -2.48. The molecule has 1 aromatic heterocycles. The fourth-order valence-corrected chi connectivity index (χ4v) is 3.54. The lowest BCUT2D eigenvalue weighted by molar-refractivity contribution is -0.130. The minimum Gasteiger partial charge on any atom is -0.361 e. The molecular formula is C26H32N4O3. The van der Waals surface area contributed by atoms with E-state index in [4.69, 9.17) is 0 Å². The number of amides is 3. The first-order valence-corrected chi connectivity index (χ1v) is 11.4. The zero-order chi connectivity index (χ0) is 23.8. The number of anilines is 1. The van der Waals surface area contributed by atoms with E-state index in [9.17, 15) is 14.4 Å². The third kappa shape index (κ3) is 6.68. The van der Waals surface area contributed by atoms with E-state index in [0.29, 0.717) is 19.4 Å². The number of para-hydroxylation sites is 1. The minimum absolute atomic E-state index is 0.0143. The summed E-state index contributed by atoms with van der Waals surface area (Å²) >= 11 is 0. The number of hydrogen-bond acceptors (Lipinski definition) is 3. The van der Waals surface area contributed by atoms with Crippen LogP contribution in [0.25, 0.3) is 10.9 Å². The van der Waals surface area contributed by atoms with E-state index in [-0.39, 0.29) is 23.6 Å². The third-order valence-electron chi connectivity index (χ3n) is 5.44. The zero-order valence-corrected chi connectivity index (χ0v) is 19.4. The summed E-state index contributed by atoms with van der Waals surface area (Å²) < 4.78 is 0. The van der Waals surface area contributed by atoms with Gasteiger partial charge < -0.3 is 20.9 Å². The predicted molar refractivity (Wildman–Crippen MR) is 131 cm³/mol. The van der Waals surface area contributed by atoms with Crippen LogP contribution in [0.3, 0.4) is 0 Å². The highest BCUT2D eigenvalue weighted by atomic mass is 16.2. The number of benzene rings is 2. The van der Waals surface area contributed by atoms with E-state index < -0.39 is 6.04 Å². The number of hydrogen-bond donors (Lipinski definition) is 4. The van der Waals surface area contributed by atoms with Crippen LogP contribution < -0.4 is 16.0 Å². The van der Waals surface area contributed by atoms with Gasteiger partial charge in [0.15, 0.2) is 0 Å². The summed E-state index contributed by atoms with van der Waals surface area (Å²) in [5.74, 6) is -0.643. The first-order chi connectivity index (χ1) is 15.9. The normalized spacial score (nSPS) is 11.9. The second-order valence-corrected chi connectivity index (χ2v) is 8.49. The highest BCUT2D eigenvalue weighted by Gasteiger charge is 2.23. The number of aromatic amines is 1. The van der Waals surface area contributed by atoms with Gasteiger partial charge in [0.05, 0.1) is 0 Å². The minimum atomic E-state index is -0.688. The van der Waals surface area contributed by atoms with Gasteiger partial charge in [-0.15, -0.1) is 0 Å². The Morgan fingerprint density at radius 1 is 0.970 bits per heavy atom. The van der Waals surface area contributed by atoms with Gasteiger partial charge in [-0.3, -0.25) is 14.4 Å². The monoisotopic (exact) mass is 448 g/mol. The van der Waals surface area contributed by atoms with Crippen molar-refractivity contribution < 1.29 is 14.4 Å². The number of carbonyl (C=O) groups is 3. The molecule has 3 rings (SSSR count). The van der Waals surface area contributed by atoms with Crippen molar-refractivity contribution in [2.45, 2.75) is 52.6 Å². The number of aromatic nitrogens is 1. The van der Waals surface area contributed by atoms with E-state index in [0.717, 1.165) is 34.1 Å². The van der Waals surface area contributed by atoms with Crippen molar-refractivity contribution >= 4 is 34.3 Å². The van der Waals surface area contributed by atoms with Crippen molar-refractivity contribution in [2.75, 3.05) is 5.32 Å². The van der Waals surface area contributed by atoms with Crippen molar-refractivity contribution in [3.05, 3.63) is 65.9 Å². The molecule has 1 unspecified atom stereocenters. The Kier molecular flexibility index (Phi) is 8.24. The van der Waals surface area contributed by atoms with Gasteiger partial charge in [-0.1, -0.05) is 51.1 Å². The van der Waals surface area contributed by atoms with E-state index in [2.05, 4.69) is 20.9 Å². The molecule has 0 fully saturated rings. The average Bonchev–Trinajstić information content (AvgIpc) is 3.21. The van der Waals surface area contributed by atoms with Gasteiger partial charge in [-0.05, 0) is 35.7 Å². The van der Waals surface area contributed by atoms with Crippen LogP contribution in [0.4, 0.5) is 5.69 Å². The smallest absolute Gasteiger partial charge is 0.243 e. The molecule has 0 aliphatic rings. The first kappa shape index (κ1) is 24.0. The number of H-pyrrole nitrogens is 1. The number of fused-ring (bicyclic) bond motifs is 1. The van der Waals surface area contributed by atoms with Crippen LogP contribution in [0, 0.1) is 5.92 Å². The van der Waals surface area contributed by atoms with Gasteiger partial charge in [0.25, 0.3) is 0 Å². The molecule has 0 saturated carbocycles. The van der Waals surface area contributed by atoms with Gasteiger partial charge >= 0.3 is 0 Å². The first-order valence-electron chi connectivity index (χ1n) is 11.4. The van der Waals surface area contributed by atoms with Crippen LogP contribution in [0.1, 0.15) is 44.7 Å². The molecule has 0 radical (unpaired) electrons. The molecule has 1 atom stereocenters. The van der Waals surface area contributed by atoms with E-state index in [1.165, 1.54) is 0 Å². The molecule has 33 heavy (non-hydrogen) atoms. The summed E-state index contributed by atoms with van der Waals surface area (Å²) in [6, 6.07) is 14.6. The van der Waals surface area contributed by atoms with Crippen molar-refractivity contribution in [2.24, 2.45) is 5.92 Å². The number of carbonyl (C=O) groups excluding carboxylic acids is 3. The number of rotatable bonds is 10. The Hall–Kier alpha value is -3.61. The Morgan fingerprint density at radius 3 is 2.39 bits per heavy atom. The van der Waals surface area contributed by atoms with Crippen LogP contribution in [0.2, 0.25) is 0 Å². The standard InChI is InChI=1S/C26H32N4O3/c1-4-7-24(31)29-20-12-10-18(11-13-20)15-28-26(33)23(30-25(32)17(2)3)14-19-16-27-22-9-6-5-8-21(19)22/h5-6,8-13,16-17,23,27H,4,7,14-15H2,1-3H3,(H,28,33)(H,29,31)(H,30,32). The molecule has 4 N–H and O–H groups in total. The Morgan fingerprint density at radius 2 is 1.70 bits per heavy atom. The molecule has 0 spiro atoms. The molecular weight excluding hydrogens is 416 g/mol. The summed E-state index contributed by atoms with van der Waals surface area (Å²) in [5.41, 5.74) is 3.60. The Labute approximate surface area is 194 Å². The van der Waals surface area contributed by atoms with Gasteiger partial charge in [-0.25, -0.2) is 0 Å². The SMILES string of the molecule is CCCC(=O)Nc1ccc(CNC(=O)C(Cc2c[nH]c3ccccc23)NC(=O)C(C)C)cc1. The zero-order valence-electron chi connectivity index (χ0n) is 19.4. The quantitative estimate of drug-likeness (QED) is 0.378. The van der Waals surface area contributed by atoms with Crippen LogP contribution in [0.15, 0.2) is 54.7 Å². The topological polar surface area (TPSA) is 103 Å². The molecule has 2 aromatic carbocycles. The van der Waals surface area contributed by atoms with Gasteiger partial charge in [0.1, 0.15) is 6.04 Å². The van der Waals surface area contributed by atoms with Crippen LogP contribution in [-0.2, 0) is 27.3 Å². The van der Waals surface area contributed by atoms with Gasteiger partial charge in [0, 0.05) is 48.1 Å². The summed E-state index contributed by atoms with van der Waals surface area (Å²) in [7, 11) is 0. The van der Waals surface area contributed by atoms with E-state index in [1.807, 2.05) is 61.7 Å². The molecule has 0 aliphatic heterocycles. The highest BCUT2D eigenvalue weighted by molar-refractivity contribution is 5.91. The maximum atomic E-state index is 13.0. The molecule has 0 aliphatic carbocycles. The lowest BCUT2D eigenvalue weighted by Gasteiger charge is -2.20. The van der Waals surface area contributed by atoms with Crippen LogP contribution in [-0.4, -0.2) is 28.7 Å². The number of nitrogens with one attached hydrogen (secondary N) is 4. The van der Waals surface area contributed by atoms with E-state index in [1.54, 1.807) is 13.8 Å². The van der Waals surface area contributed by atoms with Crippen LogP contribution >= 0.6 is 0 Å². The molecule has 1 heterocycles. The maximum absolute atomic E-state index is 13.0. The van der Waals surface area contributed by atoms with Crippen LogP contribution in [0.5, 0.6) is 0 Å². The fourth-order valence-electron chi connectivity index (χ4n) is 3.54. The predicted octanol–water partition coefficient (Wildman–Crippen LogP) is 3.91. The second-order valence-electron chi connectivity index (χ2n) is 8.49. The van der Waals surface area contributed by atoms with Gasteiger partial charge in [0.2, 0.25) is 17.7 Å². The molecule has 7 heteroatoms. The van der Waals surface area contributed by atoms with Crippen molar-refractivity contribution in [3.8, 4) is 0 Å². The molecule has 0 saturated heterocycles. The third-order valence-corrected chi connectivity index (χ3v) is 5.44. The summed E-state index contributed by atoms with van der Waals surface area (Å²) in [5, 5.41) is 9.70. The largest absolute Gasteiger partial charge is 0.361 e. The molecule has 3 amide bonds. The molecule has 0 bridgehead atoms. The molecule has 3 aromatic rings. The Balaban J connectivity index is 1.66. The van der Waals surface area contributed by atoms with Crippen molar-refractivity contribution in [1.29, 1.82) is 0 Å². The second kappa shape index (κ2) is 11.3. The Bertz CT molecular complexity index is 1100. The molecule has 7 nitrogen and oxygen atoms in total. The maximum Gasteiger partial charge on any atom is 0.243 e. The van der Waals surface area contributed by atoms with Crippen molar-refractivity contribution in [1.82, 2.24) is 15.6 Å². The summed E-state index contributed by atoms with van der Waals surface area (Å²) in [6.07, 6.45) is 3.55. The summed E-state index contributed by atoms with van der Waals surface area (Å²) in [6.45, 7) is 5.89. The lowest BCUT2D eigenvalue weighted by atomic mass is 10.0. The fraction of sp³-hybridized carbons (Fsp3) is 0.346. The highest BCUT2D eigenvalue weighted by Crippen LogP contribution is 2.19. The van der Waals surface area contributed by atoms with E-state index >= 15 is 0 Å². The average molecular weight is 449 g/mol. The van der Waals surface area contributed by atoms with Gasteiger partial charge in [-0.2, -0.15) is 0 Å². The summed E-state index contributed by atoms with van der Waals surface area (Å²) in [4.78, 5) is 40.3.